The minimum Gasteiger partial charge on any atom is -0.378 e. The number of ether oxygens (including phenoxy) is 3. The zero-order valence-electron chi connectivity index (χ0n) is 7.46. The smallest absolute Gasteiger partial charge is 0.172 e. The van der Waals surface area contributed by atoms with Crippen LogP contribution < -0.4 is 0 Å². The van der Waals surface area contributed by atoms with E-state index >= 15 is 0 Å². The van der Waals surface area contributed by atoms with Crippen molar-refractivity contribution in [3.63, 3.8) is 0 Å². The van der Waals surface area contributed by atoms with E-state index in [2.05, 4.69) is 15.9 Å². The molecule has 0 amide bonds. The first kappa shape index (κ1) is 10.4. The third-order valence-electron chi connectivity index (χ3n) is 1.49. The van der Waals surface area contributed by atoms with Crippen LogP contribution >= 0.6 is 15.9 Å². The Kier molecular flexibility index (Phi) is 4.50. The van der Waals surface area contributed by atoms with Crippen molar-refractivity contribution in [3.8, 4) is 0 Å². The van der Waals surface area contributed by atoms with Gasteiger partial charge in [-0.15, -0.1) is 0 Å². The molecule has 0 bridgehead atoms. The molecule has 72 valence electrons. The summed E-state index contributed by atoms with van der Waals surface area (Å²) in [6.07, 6.45) is 0.0145. The van der Waals surface area contributed by atoms with Gasteiger partial charge in [-0.25, -0.2) is 0 Å². The molecule has 2 atom stereocenters. The van der Waals surface area contributed by atoms with Gasteiger partial charge in [-0.05, 0) is 13.8 Å². The number of alkyl halides is 1. The van der Waals surface area contributed by atoms with E-state index in [1.807, 2.05) is 13.8 Å². The van der Waals surface area contributed by atoms with Gasteiger partial charge in [-0.2, -0.15) is 0 Å². The highest BCUT2D eigenvalue weighted by Crippen LogP contribution is 2.16. The molecule has 3 nitrogen and oxygen atoms in total. The van der Waals surface area contributed by atoms with E-state index in [1.165, 1.54) is 0 Å². The Bertz CT molecular complexity index is 129. The van der Waals surface area contributed by atoms with E-state index in [-0.39, 0.29) is 17.2 Å². The summed E-state index contributed by atoms with van der Waals surface area (Å²) in [5, 5.41) is 0. The molecule has 0 saturated carbocycles. The molecule has 4 heteroatoms. The molecule has 0 aromatic heterocycles. The number of rotatable bonds is 2. The van der Waals surface area contributed by atoms with Crippen LogP contribution in [0.1, 0.15) is 13.8 Å². The second-order valence-corrected chi connectivity index (χ2v) is 4.19. The lowest BCUT2D eigenvalue weighted by Gasteiger charge is -2.21. The Morgan fingerprint density at radius 3 is 2.83 bits per heavy atom. The van der Waals surface area contributed by atoms with Crippen LogP contribution in [0.15, 0.2) is 0 Å². The summed E-state index contributed by atoms with van der Waals surface area (Å²) in [7, 11) is 0. The monoisotopic (exact) mass is 238 g/mol. The molecule has 12 heavy (non-hydrogen) atoms. The van der Waals surface area contributed by atoms with Gasteiger partial charge in [-0.1, -0.05) is 15.9 Å². The van der Waals surface area contributed by atoms with Crippen molar-refractivity contribution in [2.45, 2.75) is 31.1 Å². The summed E-state index contributed by atoms with van der Waals surface area (Å²) in [4.78, 5) is 0.141. The van der Waals surface area contributed by atoms with Crippen molar-refractivity contribution in [3.05, 3.63) is 0 Å². The zero-order chi connectivity index (χ0) is 8.97. The highest BCUT2D eigenvalue weighted by molar-refractivity contribution is 9.09. The van der Waals surface area contributed by atoms with Crippen molar-refractivity contribution >= 4 is 15.9 Å². The summed E-state index contributed by atoms with van der Waals surface area (Å²) >= 11 is 3.46. The van der Waals surface area contributed by atoms with Crippen molar-refractivity contribution in [1.29, 1.82) is 0 Å². The van der Waals surface area contributed by atoms with E-state index in [0.717, 1.165) is 0 Å². The highest BCUT2D eigenvalue weighted by Gasteiger charge is 2.23. The van der Waals surface area contributed by atoms with Crippen molar-refractivity contribution < 1.29 is 14.2 Å². The molecule has 1 aliphatic rings. The maximum atomic E-state index is 5.53. The van der Waals surface area contributed by atoms with Crippen LogP contribution in [-0.4, -0.2) is 37.0 Å². The fourth-order valence-electron chi connectivity index (χ4n) is 0.995. The van der Waals surface area contributed by atoms with Gasteiger partial charge in [0.15, 0.2) is 6.29 Å². The summed E-state index contributed by atoms with van der Waals surface area (Å²) < 4.78 is 16.2. The van der Waals surface area contributed by atoms with E-state index in [0.29, 0.717) is 19.8 Å². The Morgan fingerprint density at radius 2 is 2.17 bits per heavy atom. The molecule has 0 aromatic carbocycles. The summed E-state index contributed by atoms with van der Waals surface area (Å²) in [6.45, 7) is 5.90. The molecule has 1 unspecified atom stereocenters. The lowest BCUT2D eigenvalue weighted by atomic mass is 10.4. The number of halogens is 1. The predicted molar refractivity (Wildman–Crippen MR) is 49.5 cm³/mol. The first-order chi connectivity index (χ1) is 5.70. The largest absolute Gasteiger partial charge is 0.378 e. The molecule has 1 rings (SSSR count). The normalized spacial score (nSPS) is 32.0. The summed E-state index contributed by atoms with van der Waals surface area (Å²) in [5.41, 5.74) is 0. The van der Waals surface area contributed by atoms with E-state index in [9.17, 15) is 0 Å². The maximum absolute atomic E-state index is 5.53. The van der Waals surface area contributed by atoms with E-state index < -0.39 is 0 Å². The minimum absolute atomic E-state index is 0.141. The van der Waals surface area contributed by atoms with Gasteiger partial charge < -0.3 is 14.2 Å². The first-order valence-corrected chi connectivity index (χ1v) is 5.10. The molecule has 0 N–H and O–H groups in total. The highest BCUT2D eigenvalue weighted by atomic mass is 79.9. The van der Waals surface area contributed by atoms with Crippen LogP contribution in [0.2, 0.25) is 0 Å². The standard InChI is InChI=1S/C8H15BrO3/c1-6(2)12-8-7(9)5-10-3-4-11-8/h6-8H,3-5H2,1-2H3/t7-,8?/m1/s1. The van der Waals surface area contributed by atoms with E-state index in [4.69, 9.17) is 14.2 Å². The average molecular weight is 239 g/mol. The SMILES string of the molecule is CC(C)OC1OCCOC[C@H]1Br. The van der Waals surface area contributed by atoms with E-state index in [1.54, 1.807) is 0 Å². The van der Waals surface area contributed by atoms with Crippen LogP contribution in [0.5, 0.6) is 0 Å². The maximum Gasteiger partial charge on any atom is 0.172 e. The van der Waals surface area contributed by atoms with Crippen molar-refractivity contribution in [1.82, 2.24) is 0 Å². The Labute approximate surface area is 81.5 Å². The summed E-state index contributed by atoms with van der Waals surface area (Å²) in [5.74, 6) is 0. The van der Waals surface area contributed by atoms with Gasteiger partial charge >= 0.3 is 0 Å². The third kappa shape index (κ3) is 3.39. The molecule has 0 spiro atoms. The van der Waals surface area contributed by atoms with Crippen LogP contribution in [-0.2, 0) is 14.2 Å². The van der Waals surface area contributed by atoms with Gasteiger partial charge in [-0.3, -0.25) is 0 Å². The Balaban J connectivity index is 2.36. The molecule has 1 aliphatic heterocycles. The Hall–Kier alpha value is 0.360. The van der Waals surface area contributed by atoms with Gasteiger partial charge in [0.2, 0.25) is 0 Å². The molecular formula is C8H15BrO3. The molecule has 1 saturated heterocycles. The van der Waals surface area contributed by atoms with Crippen LogP contribution in [0, 0.1) is 0 Å². The number of hydrogen-bond acceptors (Lipinski definition) is 3. The number of hydrogen-bond donors (Lipinski definition) is 0. The third-order valence-corrected chi connectivity index (χ3v) is 2.18. The van der Waals surface area contributed by atoms with Crippen LogP contribution in [0.3, 0.4) is 0 Å². The van der Waals surface area contributed by atoms with Crippen LogP contribution in [0.4, 0.5) is 0 Å². The zero-order valence-corrected chi connectivity index (χ0v) is 9.04. The lowest BCUT2D eigenvalue weighted by molar-refractivity contribution is -0.154. The fourth-order valence-corrected chi connectivity index (χ4v) is 1.46. The molecule has 1 heterocycles. The van der Waals surface area contributed by atoms with Gasteiger partial charge in [0.05, 0.1) is 30.8 Å². The second-order valence-electron chi connectivity index (χ2n) is 3.01. The first-order valence-electron chi connectivity index (χ1n) is 4.19. The van der Waals surface area contributed by atoms with Crippen LogP contribution in [0.25, 0.3) is 0 Å². The van der Waals surface area contributed by atoms with Gasteiger partial charge in [0, 0.05) is 0 Å². The summed E-state index contributed by atoms with van der Waals surface area (Å²) in [6, 6.07) is 0. The molecule has 1 fully saturated rings. The topological polar surface area (TPSA) is 27.7 Å². The van der Waals surface area contributed by atoms with Gasteiger partial charge in [0.1, 0.15) is 0 Å². The fraction of sp³-hybridized carbons (Fsp3) is 1.00. The molecule has 0 aliphatic carbocycles. The van der Waals surface area contributed by atoms with Crippen molar-refractivity contribution in [2.24, 2.45) is 0 Å². The molecule has 0 aromatic rings. The lowest BCUT2D eigenvalue weighted by Crippen LogP contribution is -2.31. The second kappa shape index (κ2) is 5.17. The average Bonchev–Trinajstić information content (AvgIpc) is 2.16. The van der Waals surface area contributed by atoms with Gasteiger partial charge in [0.25, 0.3) is 0 Å². The quantitative estimate of drug-likeness (QED) is 0.684. The van der Waals surface area contributed by atoms with Crippen molar-refractivity contribution in [2.75, 3.05) is 19.8 Å². The Morgan fingerprint density at radius 1 is 1.42 bits per heavy atom. The molecular weight excluding hydrogens is 224 g/mol. The molecule has 0 radical (unpaired) electrons. The minimum atomic E-state index is -0.174. The predicted octanol–water partition coefficient (Wildman–Crippen LogP) is 1.55.